The number of unbranched alkanes of at least 4 members (excludes halogenated alkanes) is 22. The van der Waals surface area contributed by atoms with E-state index in [-0.39, 0.29) is 18.9 Å². The molecule has 9 N–H and O–H groups in total. The van der Waals surface area contributed by atoms with E-state index in [0.717, 1.165) is 51.4 Å². The highest BCUT2D eigenvalue weighted by Gasteiger charge is 2.51. The lowest BCUT2D eigenvalue weighted by Crippen LogP contribution is -2.65. The lowest BCUT2D eigenvalue weighted by molar-refractivity contribution is -0.359. The number of hydrogen-bond donors (Lipinski definition) is 9. The largest absolute Gasteiger partial charge is 0.394 e. The molecule has 380 valence electrons. The van der Waals surface area contributed by atoms with Crippen LogP contribution in [0.5, 0.6) is 0 Å². The molecule has 0 aromatic carbocycles. The van der Waals surface area contributed by atoms with Crippen LogP contribution in [0.15, 0.2) is 36.5 Å². The summed E-state index contributed by atoms with van der Waals surface area (Å²) < 4.78 is 22.7. The van der Waals surface area contributed by atoms with Gasteiger partial charge >= 0.3 is 0 Å². The molecule has 2 saturated heterocycles. The van der Waals surface area contributed by atoms with Crippen molar-refractivity contribution in [3.05, 3.63) is 36.5 Å². The number of nitrogens with one attached hydrogen (secondary N) is 1. The molecule has 2 rings (SSSR count). The molecule has 0 saturated carbocycles. The van der Waals surface area contributed by atoms with Crippen molar-refractivity contribution in [2.45, 2.75) is 261 Å². The Kier molecular flexibility index (Phi) is 34.8. The van der Waals surface area contributed by atoms with Crippen molar-refractivity contribution in [3.63, 3.8) is 0 Å². The summed E-state index contributed by atoms with van der Waals surface area (Å²) >= 11 is 0. The molecular formula is C51H93NO13. The molecule has 2 heterocycles. The number of aliphatic hydroxyl groups excluding tert-OH is 8. The Morgan fingerprint density at radius 3 is 1.54 bits per heavy atom. The van der Waals surface area contributed by atoms with Crippen LogP contribution >= 0.6 is 0 Å². The molecule has 65 heavy (non-hydrogen) atoms. The second-order valence-corrected chi connectivity index (χ2v) is 18.3. The molecule has 0 spiro atoms. The predicted octanol–water partition coefficient (Wildman–Crippen LogP) is 6.71. The number of carbonyl (C=O) groups is 1. The second kappa shape index (κ2) is 38.1. The maximum absolute atomic E-state index is 13.2. The summed E-state index contributed by atoms with van der Waals surface area (Å²) in [6.07, 6.45) is 26.2. The van der Waals surface area contributed by atoms with Crippen molar-refractivity contribution in [1.29, 1.82) is 0 Å². The molecule has 0 radical (unpaired) electrons. The molecular weight excluding hydrogens is 835 g/mol. The van der Waals surface area contributed by atoms with Crippen LogP contribution in [0.2, 0.25) is 0 Å². The van der Waals surface area contributed by atoms with Crippen molar-refractivity contribution >= 4 is 5.91 Å². The number of allylic oxidation sites excluding steroid dienone is 5. The number of amides is 1. The SMILES string of the molecule is CCCCCCC/C=C\C/C=C\CCCCCCCCCCCC(=O)NC(COC1OC(CO)C(OC2OC(CO)C(O)C(O)C2O)C(O)C1O)C(O)/C=C/CCCCCCCCCC. The van der Waals surface area contributed by atoms with Gasteiger partial charge in [-0.3, -0.25) is 4.79 Å². The third kappa shape index (κ3) is 25.4. The minimum absolute atomic E-state index is 0.247. The first-order valence-corrected chi connectivity index (χ1v) is 25.7. The third-order valence-electron chi connectivity index (χ3n) is 12.6. The van der Waals surface area contributed by atoms with Crippen LogP contribution in [0.3, 0.4) is 0 Å². The quantitative estimate of drug-likeness (QED) is 0.0231. The monoisotopic (exact) mass is 928 g/mol. The van der Waals surface area contributed by atoms with Crippen LogP contribution in [0, 0.1) is 0 Å². The van der Waals surface area contributed by atoms with Gasteiger partial charge in [-0.15, -0.1) is 0 Å². The van der Waals surface area contributed by atoms with Crippen molar-refractivity contribution in [2.75, 3.05) is 19.8 Å². The molecule has 2 aliphatic rings. The number of rotatable bonds is 39. The minimum atomic E-state index is -1.79. The normalized spacial score (nSPS) is 27.3. The van der Waals surface area contributed by atoms with Crippen LogP contribution in [0.4, 0.5) is 0 Å². The average molecular weight is 928 g/mol. The summed E-state index contributed by atoms with van der Waals surface area (Å²) in [5.41, 5.74) is 0. The highest BCUT2D eigenvalue weighted by molar-refractivity contribution is 5.76. The third-order valence-corrected chi connectivity index (χ3v) is 12.6. The smallest absolute Gasteiger partial charge is 0.220 e. The van der Waals surface area contributed by atoms with E-state index < -0.39 is 86.8 Å². The fraction of sp³-hybridized carbons (Fsp3) is 0.863. The Balaban J connectivity index is 1.79. The summed E-state index contributed by atoms with van der Waals surface area (Å²) in [5.74, 6) is -0.247. The Labute approximate surface area is 391 Å². The molecule has 14 nitrogen and oxygen atoms in total. The molecule has 1 amide bonds. The molecule has 12 atom stereocenters. The van der Waals surface area contributed by atoms with Gasteiger partial charge in [-0.25, -0.2) is 0 Å². The van der Waals surface area contributed by atoms with Crippen LogP contribution in [-0.2, 0) is 23.7 Å². The van der Waals surface area contributed by atoms with Crippen molar-refractivity contribution in [2.24, 2.45) is 0 Å². The second-order valence-electron chi connectivity index (χ2n) is 18.3. The zero-order chi connectivity index (χ0) is 47.5. The first kappa shape index (κ1) is 59.3. The summed E-state index contributed by atoms with van der Waals surface area (Å²) in [6.45, 7) is 2.74. The summed E-state index contributed by atoms with van der Waals surface area (Å²) in [7, 11) is 0. The predicted molar refractivity (Wildman–Crippen MR) is 254 cm³/mol. The highest BCUT2D eigenvalue weighted by Crippen LogP contribution is 2.30. The Morgan fingerprint density at radius 1 is 0.554 bits per heavy atom. The van der Waals surface area contributed by atoms with Gasteiger partial charge in [0, 0.05) is 6.42 Å². The van der Waals surface area contributed by atoms with Crippen LogP contribution in [0.25, 0.3) is 0 Å². The van der Waals surface area contributed by atoms with Gasteiger partial charge in [0.25, 0.3) is 0 Å². The van der Waals surface area contributed by atoms with Gasteiger partial charge in [-0.2, -0.15) is 0 Å². The highest BCUT2D eigenvalue weighted by atomic mass is 16.7. The van der Waals surface area contributed by atoms with Gasteiger partial charge in [-0.05, 0) is 51.4 Å². The van der Waals surface area contributed by atoms with Crippen LogP contribution in [0.1, 0.15) is 187 Å². The maximum atomic E-state index is 13.2. The fourth-order valence-electron chi connectivity index (χ4n) is 8.32. The molecule has 0 aromatic heterocycles. The molecule has 2 fully saturated rings. The molecule has 0 aromatic rings. The van der Waals surface area contributed by atoms with Gasteiger partial charge < -0.3 is 65.1 Å². The lowest BCUT2D eigenvalue weighted by atomic mass is 9.97. The number of carbonyl (C=O) groups excluding carboxylic acids is 1. The van der Waals surface area contributed by atoms with E-state index in [4.69, 9.17) is 18.9 Å². The first-order valence-electron chi connectivity index (χ1n) is 25.7. The van der Waals surface area contributed by atoms with Gasteiger partial charge in [0.1, 0.15) is 48.8 Å². The minimum Gasteiger partial charge on any atom is -0.394 e. The zero-order valence-electron chi connectivity index (χ0n) is 40.2. The summed E-state index contributed by atoms with van der Waals surface area (Å²) in [5, 5.41) is 86.6. The Morgan fingerprint density at radius 2 is 1.02 bits per heavy atom. The molecule has 14 heteroatoms. The van der Waals surface area contributed by atoms with E-state index in [2.05, 4.69) is 43.5 Å². The first-order chi connectivity index (χ1) is 31.6. The summed E-state index contributed by atoms with van der Waals surface area (Å²) in [6, 6.07) is -0.914. The number of hydrogen-bond acceptors (Lipinski definition) is 13. The van der Waals surface area contributed by atoms with Crippen LogP contribution in [-0.4, -0.2) is 140 Å². The van der Waals surface area contributed by atoms with Gasteiger partial charge in [0.15, 0.2) is 12.6 Å². The van der Waals surface area contributed by atoms with Crippen molar-refractivity contribution in [1.82, 2.24) is 5.32 Å². The Bertz CT molecular complexity index is 1230. The van der Waals surface area contributed by atoms with E-state index in [1.165, 1.54) is 109 Å². The molecule has 12 unspecified atom stereocenters. The van der Waals surface area contributed by atoms with E-state index in [0.29, 0.717) is 6.42 Å². The average Bonchev–Trinajstić information content (AvgIpc) is 3.30. The van der Waals surface area contributed by atoms with Gasteiger partial charge in [-0.1, -0.05) is 166 Å². The van der Waals surface area contributed by atoms with E-state index in [1.54, 1.807) is 6.08 Å². The molecule has 0 aliphatic carbocycles. The lowest BCUT2D eigenvalue weighted by Gasteiger charge is -2.46. The van der Waals surface area contributed by atoms with E-state index >= 15 is 0 Å². The number of aliphatic hydroxyl groups is 8. The molecule has 0 bridgehead atoms. The molecule has 2 aliphatic heterocycles. The van der Waals surface area contributed by atoms with E-state index in [9.17, 15) is 45.6 Å². The topological polar surface area (TPSA) is 228 Å². The van der Waals surface area contributed by atoms with Gasteiger partial charge in [0.05, 0.1) is 32.0 Å². The summed E-state index contributed by atoms with van der Waals surface area (Å²) in [4.78, 5) is 13.2. The van der Waals surface area contributed by atoms with Crippen molar-refractivity contribution in [3.8, 4) is 0 Å². The van der Waals surface area contributed by atoms with E-state index in [1.807, 2.05) is 6.08 Å². The van der Waals surface area contributed by atoms with Gasteiger partial charge in [0.2, 0.25) is 5.91 Å². The fourth-order valence-corrected chi connectivity index (χ4v) is 8.32. The standard InChI is InChI=1S/C51H93NO13/c1-3-5-7-9-11-13-15-16-17-18-19-20-21-22-23-24-25-27-29-31-33-35-43(56)52-39(40(55)34-32-30-28-26-14-12-10-8-6-4-2)38-62-50-48(61)46(59)49(42(37-54)64-50)65-51-47(60)45(58)44(57)41(36-53)63-51/h15-16,18-19,32,34,39-42,44-51,53-55,57-61H,3-14,17,20-31,33,35-38H2,1-2H3,(H,52,56)/b16-15-,19-18-,34-32+. The number of ether oxygens (including phenoxy) is 4. The van der Waals surface area contributed by atoms with Crippen LogP contribution < -0.4 is 5.32 Å². The van der Waals surface area contributed by atoms with Crippen molar-refractivity contribution < 1.29 is 64.6 Å². The maximum Gasteiger partial charge on any atom is 0.220 e. The Hall–Kier alpha value is -1.79. The zero-order valence-corrected chi connectivity index (χ0v) is 40.2.